The van der Waals surface area contributed by atoms with Crippen LogP contribution >= 0.6 is 0 Å². The molecule has 0 aliphatic heterocycles. The van der Waals surface area contributed by atoms with Crippen LogP contribution in [0.5, 0.6) is 0 Å². The first-order valence-electron chi connectivity index (χ1n) is 4.28. The Morgan fingerprint density at radius 1 is 1.19 bits per heavy atom. The van der Waals surface area contributed by atoms with Gasteiger partial charge in [0.15, 0.2) is 0 Å². The number of benzene rings is 1. The van der Waals surface area contributed by atoms with Gasteiger partial charge in [-0.25, -0.2) is 4.79 Å². The molecule has 0 spiro atoms. The lowest BCUT2D eigenvalue weighted by Crippen LogP contribution is -2.06. The second-order valence-corrected chi connectivity index (χ2v) is 3.23. The van der Waals surface area contributed by atoms with E-state index in [2.05, 4.69) is 4.42 Å². The van der Waals surface area contributed by atoms with E-state index in [0.29, 0.717) is 0 Å². The van der Waals surface area contributed by atoms with Crippen LogP contribution in [0, 0.1) is 0 Å². The molecule has 0 aliphatic rings. The monoisotopic (exact) mass is 229 g/mol. The predicted octanol–water partition coefficient (Wildman–Crippen LogP) is 2.39. The van der Waals surface area contributed by atoms with Gasteiger partial charge < -0.3 is 10.2 Å². The fraction of sp³-hybridized carbons (Fsp3) is 0.100. The molecule has 84 valence electrons. The Morgan fingerprint density at radius 2 is 1.88 bits per heavy atom. The van der Waals surface area contributed by atoms with Crippen molar-refractivity contribution < 1.29 is 17.6 Å². The number of hydrogen-bond donors (Lipinski definition) is 1. The Labute approximate surface area is 87.3 Å². The number of alkyl halides is 3. The van der Waals surface area contributed by atoms with Gasteiger partial charge in [-0.1, -0.05) is 0 Å². The first-order valence-corrected chi connectivity index (χ1v) is 4.28. The molecule has 0 saturated heterocycles. The fourth-order valence-corrected chi connectivity index (χ4v) is 1.36. The molecule has 6 heteroatoms. The van der Waals surface area contributed by atoms with E-state index in [1.807, 2.05) is 0 Å². The van der Waals surface area contributed by atoms with E-state index in [1.54, 1.807) is 0 Å². The number of anilines is 1. The van der Waals surface area contributed by atoms with E-state index in [-0.39, 0.29) is 16.7 Å². The lowest BCUT2D eigenvalue weighted by molar-refractivity contribution is -0.137. The minimum absolute atomic E-state index is 0.0972. The van der Waals surface area contributed by atoms with Crippen molar-refractivity contribution in [1.82, 2.24) is 0 Å². The van der Waals surface area contributed by atoms with Crippen molar-refractivity contribution in [2.75, 3.05) is 5.73 Å². The lowest BCUT2D eigenvalue weighted by atomic mass is 10.1. The summed E-state index contributed by atoms with van der Waals surface area (Å²) in [5.41, 5.74) is 3.75. The van der Waals surface area contributed by atoms with Crippen LogP contribution in [0.4, 0.5) is 18.9 Å². The van der Waals surface area contributed by atoms with Crippen LogP contribution in [0.15, 0.2) is 33.5 Å². The van der Waals surface area contributed by atoms with Crippen LogP contribution in [0.1, 0.15) is 5.56 Å². The van der Waals surface area contributed by atoms with E-state index in [1.165, 1.54) is 6.07 Å². The molecule has 2 rings (SSSR count). The summed E-state index contributed by atoms with van der Waals surface area (Å²) in [6.07, 6.45) is -4.47. The van der Waals surface area contributed by atoms with Gasteiger partial charge in [-0.05, 0) is 18.2 Å². The molecule has 1 aromatic heterocycles. The van der Waals surface area contributed by atoms with Crippen LogP contribution in [0.2, 0.25) is 0 Å². The molecule has 0 amide bonds. The van der Waals surface area contributed by atoms with E-state index in [9.17, 15) is 18.0 Å². The molecule has 0 unspecified atom stereocenters. The van der Waals surface area contributed by atoms with Gasteiger partial charge in [0.1, 0.15) is 5.58 Å². The zero-order chi connectivity index (χ0) is 11.9. The van der Waals surface area contributed by atoms with Crippen molar-refractivity contribution >= 4 is 16.7 Å². The molecule has 0 saturated carbocycles. The average Bonchev–Trinajstić information content (AvgIpc) is 2.15. The van der Waals surface area contributed by atoms with Crippen molar-refractivity contribution in [3.8, 4) is 0 Å². The van der Waals surface area contributed by atoms with Crippen LogP contribution in [0.3, 0.4) is 0 Å². The summed E-state index contributed by atoms with van der Waals surface area (Å²) in [6, 6.07) is 3.85. The molecule has 1 aromatic carbocycles. The van der Waals surface area contributed by atoms with Crippen LogP contribution < -0.4 is 11.4 Å². The largest absolute Gasteiger partial charge is 0.423 e. The highest BCUT2D eigenvalue weighted by atomic mass is 19.4. The summed E-state index contributed by atoms with van der Waals surface area (Å²) < 4.78 is 41.7. The van der Waals surface area contributed by atoms with Gasteiger partial charge in [-0.15, -0.1) is 0 Å². The number of nitrogens with two attached hydrogens (primary N) is 1. The first kappa shape index (κ1) is 10.5. The SMILES string of the molecule is Nc1cc(=O)oc2cc(C(F)(F)F)ccc12. The Morgan fingerprint density at radius 3 is 2.50 bits per heavy atom. The number of nitrogen functional groups attached to an aromatic ring is 1. The predicted molar refractivity (Wildman–Crippen MR) is 51.9 cm³/mol. The van der Waals surface area contributed by atoms with Gasteiger partial charge in [-0.2, -0.15) is 13.2 Å². The number of halogens is 3. The topological polar surface area (TPSA) is 56.2 Å². The molecule has 0 aliphatic carbocycles. The quantitative estimate of drug-likeness (QED) is 0.705. The molecular formula is C10H6F3NO2. The van der Waals surface area contributed by atoms with Crippen molar-refractivity contribution in [1.29, 1.82) is 0 Å². The number of hydrogen-bond acceptors (Lipinski definition) is 3. The zero-order valence-corrected chi connectivity index (χ0v) is 7.84. The fourth-order valence-electron chi connectivity index (χ4n) is 1.36. The van der Waals surface area contributed by atoms with Crippen molar-refractivity contribution in [3.05, 3.63) is 40.2 Å². The maximum Gasteiger partial charge on any atom is 0.416 e. The molecule has 1 heterocycles. The lowest BCUT2D eigenvalue weighted by Gasteiger charge is -2.07. The number of rotatable bonds is 0. The normalized spacial score (nSPS) is 11.9. The third kappa shape index (κ3) is 1.73. The maximum absolute atomic E-state index is 12.4. The Kier molecular flexibility index (Phi) is 2.15. The molecule has 0 atom stereocenters. The van der Waals surface area contributed by atoms with E-state index < -0.39 is 17.4 Å². The average molecular weight is 229 g/mol. The van der Waals surface area contributed by atoms with Gasteiger partial charge >= 0.3 is 11.8 Å². The van der Waals surface area contributed by atoms with Gasteiger partial charge in [0.25, 0.3) is 0 Å². The van der Waals surface area contributed by atoms with Gasteiger partial charge in [0, 0.05) is 17.1 Å². The van der Waals surface area contributed by atoms with Crippen LogP contribution in [0.25, 0.3) is 11.0 Å². The standard InChI is InChI=1S/C10H6F3NO2/c11-10(12,13)5-1-2-6-7(14)4-9(15)16-8(6)3-5/h1-4H,14H2. The van der Waals surface area contributed by atoms with E-state index in [0.717, 1.165) is 18.2 Å². The van der Waals surface area contributed by atoms with E-state index >= 15 is 0 Å². The highest BCUT2D eigenvalue weighted by molar-refractivity contribution is 5.88. The Hall–Kier alpha value is -1.98. The molecule has 0 radical (unpaired) electrons. The molecule has 3 nitrogen and oxygen atoms in total. The summed E-state index contributed by atoms with van der Waals surface area (Å²) in [5, 5.41) is 0.285. The zero-order valence-electron chi connectivity index (χ0n) is 7.84. The van der Waals surface area contributed by atoms with Gasteiger partial charge in [-0.3, -0.25) is 0 Å². The van der Waals surface area contributed by atoms with Crippen molar-refractivity contribution in [3.63, 3.8) is 0 Å². The second-order valence-electron chi connectivity index (χ2n) is 3.23. The summed E-state index contributed by atoms with van der Waals surface area (Å²) in [7, 11) is 0. The highest BCUT2D eigenvalue weighted by Gasteiger charge is 2.30. The highest BCUT2D eigenvalue weighted by Crippen LogP contribution is 2.32. The Bertz CT molecular complexity index is 601. The van der Waals surface area contributed by atoms with E-state index in [4.69, 9.17) is 5.73 Å². The molecular weight excluding hydrogens is 223 g/mol. The number of fused-ring (bicyclic) bond motifs is 1. The second kappa shape index (κ2) is 3.26. The third-order valence-corrected chi connectivity index (χ3v) is 2.10. The minimum Gasteiger partial charge on any atom is -0.423 e. The summed E-state index contributed by atoms with van der Waals surface area (Å²) in [5.74, 6) is 0. The summed E-state index contributed by atoms with van der Waals surface area (Å²) in [4.78, 5) is 10.9. The summed E-state index contributed by atoms with van der Waals surface area (Å²) >= 11 is 0. The van der Waals surface area contributed by atoms with Crippen LogP contribution in [-0.2, 0) is 6.18 Å². The maximum atomic E-state index is 12.4. The summed E-state index contributed by atoms with van der Waals surface area (Å²) in [6.45, 7) is 0. The van der Waals surface area contributed by atoms with Gasteiger partial charge in [0.05, 0.1) is 5.56 Å². The smallest absolute Gasteiger partial charge is 0.416 e. The minimum atomic E-state index is -4.47. The van der Waals surface area contributed by atoms with Crippen LogP contribution in [-0.4, -0.2) is 0 Å². The first-order chi connectivity index (χ1) is 7.38. The Balaban J connectivity index is 2.76. The molecule has 0 fully saturated rings. The molecule has 0 bridgehead atoms. The molecule has 2 N–H and O–H groups in total. The van der Waals surface area contributed by atoms with Crippen molar-refractivity contribution in [2.24, 2.45) is 0 Å². The third-order valence-electron chi connectivity index (χ3n) is 2.10. The molecule has 16 heavy (non-hydrogen) atoms. The molecule has 2 aromatic rings. The van der Waals surface area contributed by atoms with Crippen molar-refractivity contribution in [2.45, 2.75) is 6.18 Å². The van der Waals surface area contributed by atoms with Gasteiger partial charge in [0.2, 0.25) is 0 Å².